The number of allylic oxidation sites excluding steroid dienone is 1. The molecule has 0 saturated heterocycles. The molecule has 14 heavy (non-hydrogen) atoms. The Balaban J connectivity index is 2.27. The van der Waals surface area contributed by atoms with E-state index in [0.29, 0.717) is 5.82 Å². The van der Waals surface area contributed by atoms with Crippen LogP contribution < -0.4 is 15.8 Å². The number of nitrogens with two attached hydrogens (primary N) is 1. The van der Waals surface area contributed by atoms with Gasteiger partial charge in [-0.3, -0.25) is 0 Å². The van der Waals surface area contributed by atoms with Crippen molar-refractivity contribution in [3.05, 3.63) is 35.8 Å². The van der Waals surface area contributed by atoms with Crippen molar-refractivity contribution < 1.29 is 4.74 Å². The second kappa shape index (κ2) is 3.62. The van der Waals surface area contributed by atoms with Crippen LogP contribution in [0.3, 0.4) is 0 Å². The van der Waals surface area contributed by atoms with Gasteiger partial charge in [0, 0.05) is 6.42 Å². The Morgan fingerprint density at radius 2 is 2.14 bits per heavy atom. The predicted molar refractivity (Wildman–Crippen MR) is 56.8 cm³/mol. The lowest BCUT2D eigenvalue weighted by Crippen LogP contribution is -2.20. The number of fused-ring (bicyclic) bond motifs is 1. The van der Waals surface area contributed by atoms with Gasteiger partial charge in [-0.25, -0.2) is 0 Å². The fourth-order valence-electron chi connectivity index (χ4n) is 1.47. The fourth-order valence-corrected chi connectivity index (χ4v) is 1.47. The Labute approximate surface area is 83.6 Å². The van der Waals surface area contributed by atoms with Gasteiger partial charge in [0.2, 0.25) is 0 Å². The lowest BCUT2D eigenvalue weighted by Gasteiger charge is -2.22. The molecule has 0 saturated carbocycles. The quantitative estimate of drug-likeness (QED) is 0.752. The lowest BCUT2D eigenvalue weighted by molar-refractivity contribution is 0.389. The van der Waals surface area contributed by atoms with Crippen LogP contribution >= 0.6 is 0 Å². The first kappa shape index (κ1) is 8.94. The van der Waals surface area contributed by atoms with E-state index in [1.807, 2.05) is 24.3 Å². The molecule has 0 fully saturated rings. The van der Waals surface area contributed by atoms with Crippen molar-refractivity contribution in [1.29, 1.82) is 0 Å². The first-order valence-corrected chi connectivity index (χ1v) is 4.83. The third kappa shape index (κ3) is 1.53. The van der Waals surface area contributed by atoms with Crippen LogP contribution in [0, 0.1) is 0 Å². The molecule has 0 radical (unpaired) electrons. The van der Waals surface area contributed by atoms with Crippen molar-refractivity contribution in [2.75, 3.05) is 5.32 Å². The summed E-state index contributed by atoms with van der Waals surface area (Å²) in [5.41, 5.74) is 6.76. The molecule has 0 aromatic heterocycles. The Bertz CT molecular complexity index is 371. The monoisotopic (exact) mass is 190 g/mol. The summed E-state index contributed by atoms with van der Waals surface area (Å²) in [6.45, 7) is 2.10. The van der Waals surface area contributed by atoms with E-state index in [1.54, 1.807) is 0 Å². The van der Waals surface area contributed by atoms with Crippen LogP contribution in [0.1, 0.15) is 19.8 Å². The van der Waals surface area contributed by atoms with E-state index >= 15 is 0 Å². The Hall–Kier alpha value is -1.64. The van der Waals surface area contributed by atoms with Crippen LogP contribution in [0.15, 0.2) is 35.8 Å². The number of anilines is 1. The van der Waals surface area contributed by atoms with Crippen LogP contribution in [0.25, 0.3) is 0 Å². The summed E-state index contributed by atoms with van der Waals surface area (Å²) in [7, 11) is 0. The smallest absolute Gasteiger partial charge is 0.150 e. The van der Waals surface area contributed by atoms with Crippen LogP contribution in [0.2, 0.25) is 0 Å². The van der Waals surface area contributed by atoms with E-state index in [-0.39, 0.29) is 0 Å². The minimum absolute atomic E-state index is 0.630. The molecule has 1 aromatic carbocycles. The average Bonchev–Trinajstić information content (AvgIpc) is 2.19. The van der Waals surface area contributed by atoms with E-state index in [0.717, 1.165) is 30.0 Å². The summed E-state index contributed by atoms with van der Waals surface area (Å²) in [6, 6.07) is 7.79. The van der Waals surface area contributed by atoms with Gasteiger partial charge in [0.05, 0.1) is 5.69 Å². The molecule has 1 aliphatic heterocycles. The molecule has 0 unspecified atom stereocenters. The number of ether oxygens (including phenoxy) is 1. The highest BCUT2D eigenvalue weighted by Gasteiger charge is 2.15. The number of nitrogens with one attached hydrogen (secondary N) is 1. The minimum atomic E-state index is 0.630. The molecule has 1 aliphatic rings. The number of para-hydroxylation sites is 2. The van der Waals surface area contributed by atoms with E-state index < -0.39 is 0 Å². The molecule has 2 rings (SSSR count). The van der Waals surface area contributed by atoms with Crippen LogP contribution in [0.4, 0.5) is 5.69 Å². The van der Waals surface area contributed by atoms with E-state index in [4.69, 9.17) is 10.5 Å². The van der Waals surface area contributed by atoms with Gasteiger partial charge in [0.1, 0.15) is 11.6 Å². The third-order valence-electron chi connectivity index (χ3n) is 2.17. The fraction of sp³-hybridized carbons (Fsp3) is 0.273. The molecule has 74 valence electrons. The van der Waals surface area contributed by atoms with Gasteiger partial charge >= 0.3 is 0 Å². The van der Waals surface area contributed by atoms with Gasteiger partial charge < -0.3 is 15.8 Å². The first-order chi connectivity index (χ1) is 6.81. The zero-order valence-corrected chi connectivity index (χ0v) is 8.21. The highest BCUT2D eigenvalue weighted by Crippen LogP contribution is 2.31. The lowest BCUT2D eigenvalue weighted by atomic mass is 10.2. The van der Waals surface area contributed by atoms with Gasteiger partial charge in [-0.2, -0.15) is 0 Å². The van der Waals surface area contributed by atoms with Crippen molar-refractivity contribution in [3.63, 3.8) is 0 Å². The van der Waals surface area contributed by atoms with Gasteiger partial charge in [0.25, 0.3) is 0 Å². The summed E-state index contributed by atoms with van der Waals surface area (Å²) in [6.07, 6.45) is 1.90. The molecule has 1 aromatic rings. The van der Waals surface area contributed by atoms with Gasteiger partial charge in [-0.05, 0) is 18.6 Å². The summed E-state index contributed by atoms with van der Waals surface area (Å²) >= 11 is 0. The molecule has 3 heteroatoms. The zero-order valence-electron chi connectivity index (χ0n) is 8.21. The van der Waals surface area contributed by atoms with E-state index in [1.165, 1.54) is 0 Å². The normalized spacial score (nSPS) is 14.4. The van der Waals surface area contributed by atoms with Crippen LogP contribution in [0.5, 0.6) is 5.75 Å². The molecule has 3 nitrogen and oxygen atoms in total. The standard InChI is InChI=1S/C11H14N2O/c1-2-5-10-11(12)13-8-6-3-4-7-9(8)14-10/h3-4,6-7,13H,2,5,12H2,1H3. The Morgan fingerprint density at radius 3 is 2.93 bits per heavy atom. The first-order valence-electron chi connectivity index (χ1n) is 4.83. The molecule has 0 spiro atoms. The minimum Gasteiger partial charge on any atom is -0.456 e. The highest BCUT2D eigenvalue weighted by atomic mass is 16.5. The highest BCUT2D eigenvalue weighted by molar-refractivity contribution is 5.62. The molecule has 0 bridgehead atoms. The van der Waals surface area contributed by atoms with E-state index in [2.05, 4.69) is 12.2 Å². The second-order valence-corrected chi connectivity index (χ2v) is 3.31. The predicted octanol–water partition coefficient (Wildman–Crippen LogP) is 2.42. The molecule has 0 atom stereocenters. The number of hydrogen-bond acceptors (Lipinski definition) is 3. The maximum atomic E-state index is 5.82. The molecular weight excluding hydrogens is 176 g/mol. The molecule has 0 amide bonds. The van der Waals surface area contributed by atoms with Crippen LogP contribution in [-0.4, -0.2) is 0 Å². The molecule has 1 heterocycles. The summed E-state index contributed by atoms with van der Waals surface area (Å²) in [4.78, 5) is 0. The van der Waals surface area contributed by atoms with Crippen molar-refractivity contribution >= 4 is 5.69 Å². The number of rotatable bonds is 2. The van der Waals surface area contributed by atoms with Crippen LogP contribution in [-0.2, 0) is 0 Å². The summed E-state index contributed by atoms with van der Waals surface area (Å²) in [5, 5.41) is 3.13. The van der Waals surface area contributed by atoms with Crippen molar-refractivity contribution in [2.45, 2.75) is 19.8 Å². The van der Waals surface area contributed by atoms with Gasteiger partial charge in [-0.15, -0.1) is 0 Å². The molecular formula is C11H14N2O. The SMILES string of the molecule is CCCC1=C(N)Nc2ccccc2O1. The Kier molecular flexibility index (Phi) is 2.31. The van der Waals surface area contributed by atoms with Gasteiger partial charge in [-0.1, -0.05) is 19.1 Å². The van der Waals surface area contributed by atoms with Gasteiger partial charge in [0.15, 0.2) is 5.75 Å². The number of benzene rings is 1. The Morgan fingerprint density at radius 1 is 1.36 bits per heavy atom. The topological polar surface area (TPSA) is 47.3 Å². The maximum Gasteiger partial charge on any atom is 0.150 e. The second-order valence-electron chi connectivity index (χ2n) is 3.31. The average molecular weight is 190 g/mol. The van der Waals surface area contributed by atoms with Crippen molar-refractivity contribution in [3.8, 4) is 5.75 Å². The third-order valence-corrected chi connectivity index (χ3v) is 2.17. The number of hydrogen-bond donors (Lipinski definition) is 2. The maximum absolute atomic E-state index is 5.82. The van der Waals surface area contributed by atoms with Crippen molar-refractivity contribution in [1.82, 2.24) is 0 Å². The van der Waals surface area contributed by atoms with E-state index in [9.17, 15) is 0 Å². The largest absolute Gasteiger partial charge is 0.456 e. The molecule has 3 N–H and O–H groups in total. The zero-order chi connectivity index (χ0) is 9.97. The molecule has 0 aliphatic carbocycles. The van der Waals surface area contributed by atoms with Crippen molar-refractivity contribution in [2.24, 2.45) is 5.73 Å². The summed E-state index contributed by atoms with van der Waals surface area (Å²) in [5.74, 6) is 2.32. The summed E-state index contributed by atoms with van der Waals surface area (Å²) < 4.78 is 5.68.